The first-order valence-electron chi connectivity index (χ1n) is 3.12. The second kappa shape index (κ2) is 6.07. The van der Waals surface area contributed by atoms with E-state index in [0.29, 0.717) is 5.75 Å². The molecule has 3 heteroatoms. The van der Waals surface area contributed by atoms with Gasteiger partial charge < -0.3 is 9.66 Å². The van der Waals surface area contributed by atoms with E-state index in [1.54, 1.807) is 36.8 Å². The van der Waals surface area contributed by atoms with Crippen molar-refractivity contribution >= 4 is 11.2 Å². The van der Waals surface area contributed by atoms with Gasteiger partial charge in [0.25, 0.3) is 0 Å². The molecule has 0 unspecified atom stereocenters. The molecule has 1 N–H and O–H groups in total. The van der Waals surface area contributed by atoms with Crippen LogP contribution in [0.15, 0.2) is 30.3 Å². The van der Waals surface area contributed by atoms with Crippen molar-refractivity contribution in [2.24, 2.45) is 0 Å². The average Bonchev–Trinajstić information content (AvgIpc) is 1.87. The van der Waals surface area contributed by atoms with Crippen molar-refractivity contribution in [2.45, 2.75) is 0 Å². The van der Waals surface area contributed by atoms with Gasteiger partial charge in [-0.05, 0) is 12.1 Å². The van der Waals surface area contributed by atoms with Gasteiger partial charge in [0.1, 0.15) is 5.75 Å². The lowest BCUT2D eigenvalue weighted by Gasteiger charge is -1.87. The predicted octanol–water partition coefficient (Wildman–Crippen LogP) is 1.39. The molecule has 0 heterocycles. The van der Waals surface area contributed by atoms with Crippen LogP contribution in [0.25, 0.3) is 0 Å². The summed E-state index contributed by atoms with van der Waals surface area (Å²) in [6.45, 7) is 0. The smallest absolute Gasteiger partial charge is 0.115 e. The number of hydrogen-bond acceptors (Lipinski definition) is 2. The van der Waals surface area contributed by atoms with Crippen molar-refractivity contribution in [2.75, 3.05) is 12.5 Å². The van der Waals surface area contributed by atoms with E-state index in [1.165, 1.54) is 0 Å². The number of para-hydroxylation sites is 1. The van der Waals surface area contributed by atoms with Crippen molar-refractivity contribution in [3.8, 4) is 5.75 Å². The molecule has 1 rings (SSSR count). The highest BCUT2D eigenvalue weighted by Gasteiger charge is 1.74. The van der Waals surface area contributed by atoms with Gasteiger partial charge in [-0.25, -0.2) is 0 Å². The lowest BCUT2D eigenvalue weighted by Crippen LogP contribution is -1.86. The summed E-state index contributed by atoms with van der Waals surface area (Å²) in [5.41, 5.74) is 0. The molecule has 0 aromatic heterocycles. The molecule has 11 heavy (non-hydrogen) atoms. The van der Waals surface area contributed by atoms with Crippen LogP contribution in [0.2, 0.25) is 0 Å². The molecule has 0 saturated carbocycles. The number of aromatic hydroxyl groups is 1. The number of phenolic OH excluding ortho intramolecular Hbond substituents is 1. The highest BCUT2D eigenvalue weighted by atomic mass is 32.2. The van der Waals surface area contributed by atoms with Crippen LogP contribution in [0.3, 0.4) is 0 Å². The Bertz CT molecular complexity index is 172. The van der Waals surface area contributed by atoms with Crippen LogP contribution in [0.5, 0.6) is 5.75 Å². The molecule has 0 atom stereocenters. The molecule has 0 bridgehead atoms. The number of phenols is 1. The second-order valence-corrected chi connectivity index (χ2v) is 3.56. The molecule has 62 valence electrons. The number of rotatable bonds is 0. The van der Waals surface area contributed by atoms with E-state index in [2.05, 4.69) is 0 Å². The predicted molar refractivity (Wildman–Crippen MR) is 48.1 cm³/mol. The third kappa shape index (κ3) is 9.33. The second-order valence-electron chi connectivity index (χ2n) is 2.08. The van der Waals surface area contributed by atoms with Gasteiger partial charge in [-0.3, -0.25) is 0 Å². The zero-order valence-electron chi connectivity index (χ0n) is 6.65. The van der Waals surface area contributed by atoms with E-state index < -0.39 is 11.2 Å². The van der Waals surface area contributed by atoms with E-state index in [1.807, 2.05) is 6.07 Å². The number of benzene rings is 1. The fourth-order valence-corrected chi connectivity index (χ4v) is 0.428. The first-order chi connectivity index (χ1) is 5.13. The molecule has 0 fully saturated rings. The Morgan fingerprint density at radius 1 is 1.18 bits per heavy atom. The fourth-order valence-electron chi connectivity index (χ4n) is 0.428. The Kier molecular flexibility index (Phi) is 5.70. The molecule has 0 spiro atoms. The number of hydrogen-bond donors (Lipinski definition) is 1. The molecule has 0 radical (unpaired) electrons. The summed E-state index contributed by atoms with van der Waals surface area (Å²) in [5.74, 6) is 0.322. The molecular formula is C8H12O2S. The van der Waals surface area contributed by atoms with Crippen molar-refractivity contribution in [3.63, 3.8) is 0 Å². The fraction of sp³-hybridized carbons (Fsp3) is 0.250. The molecule has 1 aromatic carbocycles. The van der Waals surface area contributed by atoms with E-state index >= 15 is 0 Å². The summed E-state index contributed by atoms with van der Waals surface area (Å²) in [7, 11) is 0. The van der Waals surface area contributed by atoms with Crippen LogP contribution < -0.4 is 0 Å². The minimum atomic E-state index is -0.611. The summed E-state index contributed by atoms with van der Waals surface area (Å²) in [4.78, 5) is 0. The Labute approximate surface area is 70.1 Å². The van der Waals surface area contributed by atoms with E-state index in [-0.39, 0.29) is 0 Å². The van der Waals surface area contributed by atoms with Crippen LogP contribution >= 0.6 is 0 Å². The summed E-state index contributed by atoms with van der Waals surface area (Å²) in [6, 6.07) is 8.71. The van der Waals surface area contributed by atoms with E-state index in [4.69, 9.17) is 5.11 Å². The van der Waals surface area contributed by atoms with Gasteiger partial charge in [0.2, 0.25) is 0 Å². The Morgan fingerprint density at radius 2 is 1.55 bits per heavy atom. The van der Waals surface area contributed by atoms with E-state index in [9.17, 15) is 4.55 Å². The van der Waals surface area contributed by atoms with Gasteiger partial charge in [-0.2, -0.15) is 0 Å². The first-order valence-corrected chi connectivity index (χ1v) is 5.08. The molecule has 0 aliphatic carbocycles. The van der Waals surface area contributed by atoms with Crippen molar-refractivity contribution in [3.05, 3.63) is 30.3 Å². The Hall–Kier alpha value is -0.670. The molecule has 0 amide bonds. The lowest BCUT2D eigenvalue weighted by molar-refractivity contribution is 0.475. The topological polar surface area (TPSA) is 43.3 Å². The maximum atomic E-state index is 9.56. The van der Waals surface area contributed by atoms with Crippen LogP contribution in [-0.4, -0.2) is 22.2 Å². The molecule has 0 aliphatic heterocycles. The maximum absolute atomic E-state index is 9.56. The largest absolute Gasteiger partial charge is 0.617 e. The third-order valence-electron chi connectivity index (χ3n) is 0.756. The minimum absolute atomic E-state index is 0.322. The molecule has 0 saturated heterocycles. The monoisotopic (exact) mass is 172 g/mol. The van der Waals surface area contributed by atoms with Gasteiger partial charge in [-0.15, -0.1) is 0 Å². The lowest BCUT2D eigenvalue weighted by atomic mass is 10.3. The highest BCUT2D eigenvalue weighted by Crippen LogP contribution is 2.02. The summed E-state index contributed by atoms with van der Waals surface area (Å²) < 4.78 is 9.56. The van der Waals surface area contributed by atoms with Crippen LogP contribution in [0.4, 0.5) is 0 Å². The van der Waals surface area contributed by atoms with Crippen LogP contribution in [0.1, 0.15) is 0 Å². The van der Waals surface area contributed by atoms with Crippen molar-refractivity contribution in [1.82, 2.24) is 0 Å². The molecule has 1 aromatic rings. The standard InChI is InChI=1S/C6H6O.C2H6OS/c7-6-4-2-1-3-5-6;1-4(2)3/h1-5,7H;1-2H3. The zero-order valence-corrected chi connectivity index (χ0v) is 7.47. The Balaban J connectivity index is 0.000000218. The minimum Gasteiger partial charge on any atom is -0.617 e. The van der Waals surface area contributed by atoms with Gasteiger partial charge in [0.15, 0.2) is 0 Å². The first kappa shape index (κ1) is 10.3. The molecule has 2 nitrogen and oxygen atoms in total. The third-order valence-corrected chi connectivity index (χ3v) is 0.756. The van der Waals surface area contributed by atoms with Crippen molar-refractivity contribution < 1.29 is 9.66 Å². The van der Waals surface area contributed by atoms with Crippen LogP contribution in [0, 0.1) is 0 Å². The van der Waals surface area contributed by atoms with Gasteiger partial charge in [0.05, 0.1) is 12.5 Å². The average molecular weight is 172 g/mol. The summed E-state index contributed by atoms with van der Waals surface area (Å²) in [5, 5.41) is 8.63. The van der Waals surface area contributed by atoms with Gasteiger partial charge in [0, 0.05) is 0 Å². The molecular weight excluding hydrogens is 160 g/mol. The normalized spacial score (nSPS) is 8.73. The van der Waals surface area contributed by atoms with Crippen molar-refractivity contribution in [1.29, 1.82) is 0 Å². The SMILES string of the molecule is C[S+](C)[O-].Oc1ccccc1. The quantitative estimate of drug-likeness (QED) is 0.601. The zero-order chi connectivity index (χ0) is 8.69. The van der Waals surface area contributed by atoms with Crippen LogP contribution in [-0.2, 0) is 11.2 Å². The Morgan fingerprint density at radius 3 is 1.73 bits per heavy atom. The maximum Gasteiger partial charge on any atom is 0.115 e. The molecule has 0 aliphatic rings. The summed E-state index contributed by atoms with van der Waals surface area (Å²) >= 11 is -0.611. The van der Waals surface area contributed by atoms with Gasteiger partial charge >= 0.3 is 0 Å². The highest BCUT2D eigenvalue weighted by molar-refractivity contribution is 7.89. The van der Waals surface area contributed by atoms with E-state index in [0.717, 1.165) is 0 Å². The van der Waals surface area contributed by atoms with Gasteiger partial charge in [-0.1, -0.05) is 29.4 Å². The summed E-state index contributed by atoms with van der Waals surface area (Å²) in [6.07, 6.45) is 3.28.